The van der Waals surface area contributed by atoms with Gasteiger partial charge in [0.25, 0.3) is 0 Å². The van der Waals surface area contributed by atoms with Crippen LogP contribution in [0.3, 0.4) is 0 Å². The highest BCUT2D eigenvalue weighted by atomic mass is 16.1. The monoisotopic (exact) mass is 476 g/mol. The Morgan fingerprint density at radius 2 is 0.861 bits per heavy atom. The topological polar surface area (TPSA) is 34.1 Å². The summed E-state index contributed by atoms with van der Waals surface area (Å²) in [6.07, 6.45) is 12.1. The molecular formula is C34H36O2. The second-order valence-corrected chi connectivity index (χ2v) is 10.4. The first-order valence-electron chi connectivity index (χ1n) is 13.8. The van der Waals surface area contributed by atoms with Crippen molar-refractivity contribution >= 4 is 33.1 Å². The third-order valence-corrected chi connectivity index (χ3v) is 7.76. The van der Waals surface area contributed by atoms with Crippen molar-refractivity contribution in [3.63, 3.8) is 0 Å². The number of benzene rings is 4. The van der Waals surface area contributed by atoms with Gasteiger partial charge in [0, 0.05) is 22.3 Å². The first kappa shape index (κ1) is 24.4. The molecule has 0 amide bonds. The Labute approximate surface area is 214 Å². The number of hydrogen-bond acceptors (Lipinski definition) is 2. The van der Waals surface area contributed by atoms with Crippen molar-refractivity contribution in [3.05, 3.63) is 94.0 Å². The van der Waals surface area contributed by atoms with Crippen LogP contribution in [0, 0.1) is 0 Å². The van der Waals surface area contributed by atoms with Crippen LogP contribution in [0.2, 0.25) is 0 Å². The van der Waals surface area contributed by atoms with Gasteiger partial charge < -0.3 is 0 Å². The maximum Gasteiger partial charge on any atom is 0.194 e. The third kappa shape index (κ3) is 4.74. The Bertz CT molecular complexity index is 1330. The van der Waals surface area contributed by atoms with Gasteiger partial charge in [0.15, 0.2) is 11.6 Å². The number of aryl methyl sites for hydroxylation is 2. The van der Waals surface area contributed by atoms with Crippen LogP contribution in [-0.2, 0) is 12.8 Å². The molecule has 0 bridgehead atoms. The number of hydrogen-bond donors (Lipinski definition) is 0. The Morgan fingerprint density at radius 1 is 0.472 bits per heavy atom. The van der Waals surface area contributed by atoms with E-state index in [1.54, 1.807) is 0 Å². The Morgan fingerprint density at radius 3 is 1.25 bits per heavy atom. The minimum absolute atomic E-state index is 0.0413. The van der Waals surface area contributed by atoms with E-state index in [9.17, 15) is 9.59 Å². The summed E-state index contributed by atoms with van der Waals surface area (Å²) in [4.78, 5) is 27.2. The molecule has 0 N–H and O–H groups in total. The predicted molar refractivity (Wildman–Crippen MR) is 150 cm³/mol. The quantitative estimate of drug-likeness (QED) is 0.188. The Balaban J connectivity index is 1.55. The SMILES string of the molecule is CCCCCCc1cc2cc3c(cc2cc1CCCCCC)C(=O)c1cc2ccccc2cc1C3=O. The molecule has 36 heavy (non-hydrogen) atoms. The number of fused-ring (bicyclic) bond motifs is 4. The summed E-state index contributed by atoms with van der Waals surface area (Å²) < 4.78 is 0. The van der Waals surface area contributed by atoms with Crippen LogP contribution in [0.1, 0.15) is 108 Å². The van der Waals surface area contributed by atoms with Crippen LogP contribution in [0.25, 0.3) is 21.5 Å². The van der Waals surface area contributed by atoms with E-state index in [-0.39, 0.29) is 11.6 Å². The van der Waals surface area contributed by atoms with E-state index in [0.29, 0.717) is 22.3 Å². The van der Waals surface area contributed by atoms with E-state index < -0.39 is 0 Å². The van der Waals surface area contributed by atoms with E-state index in [1.165, 1.54) is 62.5 Å². The molecule has 0 unspecified atom stereocenters. The molecule has 0 heterocycles. The highest BCUT2D eigenvalue weighted by molar-refractivity contribution is 6.30. The summed E-state index contributed by atoms with van der Waals surface area (Å²) in [7, 11) is 0. The predicted octanol–water partition coefficient (Wildman–Crippen LogP) is 9.01. The molecule has 0 saturated heterocycles. The average molecular weight is 477 g/mol. The maximum absolute atomic E-state index is 13.6. The Kier molecular flexibility index (Phi) is 7.32. The van der Waals surface area contributed by atoms with Crippen LogP contribution in [0.15, 0.2) is 60.7 Å². The molecule has 184 valence electrons. The van der Waals surface area contributed by atoms with Crippen molar-refractivity contribution in [3.8, 4) is 0 Å². The van der Waals surface area contributed by atoms with E-state index in [2.05, 4.69) is 26.0 Å². The van der Waals surface area contributed by atoms with E-state index >= 15 is 0 Å². The first-order chi connectivity index (χ1) is 17.6. The zero-order valence-electron chi connectivity index (χ0n) is 21.7. The molecule has 1 aliphatic rings. The lowest BCUT2D eigenvalue weighted by Crippen LogP contribution is -2.21. The Hall–Kier alpha value is -3.26. The summed E-state index contributed by atoms with van der Waals surface area (Å²) in [5.74, 6) is -0.0826. The van der Waals surface area contributed by atoms with Crippen molar-refractivity contribution in [2.45, 2.75) is 78.1 Å². The van der Waals surface area contributed by atoms with E-state index in [1.807, 2.05) is 48.5 Å². The van der Waals surface area contributed by atoms with Gasteiger partial charge in [-0.3, -0.25) is 9.59 Å². The second kappa shape index (κ2) is 10.8. The van der Waals surface area contributed by atoms with Crippen LogP contribution >= 0.6 is 0 Å². The lowest BCUT2D eigenvalue weighted by atomic mass is 9.81. The van der Waals surface area contributed by atoms with Gasteiger partial charge in [-0.15, -0.1) is 0 Å². The molecule has 0 atom stereocenters. The van der Waals surface area contributed by atoms with Gasteiger partial charge in [0.1, 0.15) is 0 Å². The lowest BCUT2D eigenvalue weighted by molar-refractivity contribution is 0.0979. The minimum atomic E-state index is -0.0413. The summed E-state index contributed by atoms with van der Waals surface area (Å²) >= 11 is 0. The summed E-state index contributed by atoms with van der Waals surface area (Å²) in [5, 5.41) is 4.12. The first-order valence-corrected chi connectivity index (χ1v) is 13.8. The third-order valence-electron chi connectivity index (χ3n) is 7.76. The van der Waals surface area contributed by atoms with Crippen LogP contribution < -0.4 is 0 Å². The number of ketones is 2. The zero-order chi connectivity index (χ0) is 25.1. The molecule has 1 aliphatic carbocycles. The maximum atomic E-state index is 13.6. The molecule has 4 aromatic carbocycles. The largest absolute Gasteiger partial charge is 0.289 e. The normalized spacial score (nSPS) is 12.8. The summed E-state index contributed by atoms with van der Waals surface area (Å²) in [6.45, 7) is 4.50. The van der Waals surface area contributed by atoms with Gasteiger partial charge in [0.05, 0.1) is 0 Å². The van der Waals surface area contributed by atoms with Gasteiger partial charge in [-0.1, -0.05) is 88.8 Å². The summed E-state index contributed by atoms with van der Waals surface area (Å²) in [6, 6.07) is 20.2. The van der Waals surface area contributed by atoms with Gasteiger partial charge in [-0.25, -0.2) is 0 Å². The molecule has 4 aromatic rings. The van der Waals surface area contributed by atoms with Crippen molar-refractivity contribution in [2.24, 2.45) is 0 Å². The van der Waals surface area contributed by atoms with Crippen molar-refractivity contribution < 1.29 is 9.59 Å². The van der Waals surface area contributed by atoms with Crippen LogP contribution in [0.5, 0.6) is 0 Å². The van der Waals surface area contributed by atoms with Gasteiger partial charge >= 0.3 is 0 Å². The van der Waals surface area contributed by atoms with Crippen molar-refractivity contribution in [1.82, 2.24) is 0 Å². The standard InChI is InChI=1S/C34H36O2/c1-3-5-7-9-13-23-17-27-21-31-32(22-28(27)18-24(23)14-10-8-6-4-2)34(36)30-20-26-16-12-11-15-25(26)19-29(30)33(31)35/h11-12,15-22H,3-10,13-14H2,1-2H3. The number of unbranched alkanes of at least 4 members (excludes halogenated alkanes) is 6. The molecule has 0 saturated carbocycles. The van der Waals surface area contributed by atoms with E-state index in [4.69, 9.17) is 0 Å². The molecule has 0 aromatic heterocycles. The highest BCUT2D eigenvalue weighted by Crippen LogP contribution is 2.34. The molecule has 2 nitrogen and oxygen atoms in total. The van der Waals surface area contributed by atoms with Gasteiger partial charge in [-0.05, 0) is 82.6 Å². The van der Waals surface area contributed by atoms with Crippen LogP contribution in [0.4, 0.5) is 0 Å². The number of rotatable bonds is 10. The molecule has 5 rings (SSSR count). The van der Waals surface area contributed by atoms with Gasteiger partial charge in [-0.2, -0.15) is 0 Å². The molecule has 0 radical (unpaired) electrons. The average Bonchev–Trinajstić information content (AvgIpc) is 2.90. The fourth-order valence-electron chi connectivity index (χ4n) is 5.68. The second-order valence-electron chi connectivity index (χ2n) is 10.4. The molecule has 0 spiro atoms. The van der Waals surface area contributed by atoms with Gasteiger partial charge in [0.2, 0.25) is 0 Å². The highest BCUT2D eigenvalue weighted by Gasteiger charge is 2.30. The fourth-order valence-corrected chi connectivity index (χ4v) is 5.68. The fraction of sp³-hybridized carbons (Fsp3) is 0.353. The smallest absolute Gasteiger partial charge is 0.194 e. The van der Waals surface area contributed by atoms with Crippen molar-refractivity contribution in [2.75, 3.05) is 0 Å². The lowest BCUT2D eigenvalue weighted by Gasteiger charge is -2.20. The molecule has 0 fully saturated rings. The molecule has 2 heteroatoms. The number of carbonyl (C=O) groups excluding carboxylic acids is 2. The molecule has 0 aliphatic heterocycles. The zero-order valence-corrected chi connectivity index (χ0v) is 21.7. The van der Waals surface area contributed by atoms with Crippen LogP contribution in [-0.4, -0.2) is 11.6 Å². The molecular weight excluding hydrogens is 440 g/mol. The van der Waals surface area contributed by atoms with Crippen molar-refractivity contribution in [1.29, 1.82) is 0 Å². The minimum Gasteiger partial charge on any atom is -0.289 e. The summed E-state index contributed by atoms with van der Waals surface area (Å²) in [5.41, 5.74) is 4.97. The number of carbonyl (C=O) groups is 2. The van der Waals surface area contributed by atoms with E-state index in [0.717, 1.165) is 34.4 Å².